The van der Waals surface area contributed by atoms with Gasteiger partial charge in [-0.15, -0.1) is 24.0 Å². The minimum absolute atomic E-state index is 0. The number of benzene rings is 1. The first-order valence-electron chi connectivity index (χ1n) is 8.54. The summed E-state index contributed by atoms with van der Waals surface area (Å²) in [7, 11) is -1.33. The molecule has 0 radical (unpaired) electrons. The number of hydrogen-bond acceptors (Lipinski definition) is 3. The summed E-state index contributed by atoms with van der Waals surface area (Å²) >= 11 is 0. The number of halogens is 1. The molecule has 7 heteroatoms. The number of hydrogen-bond donors (Lipinski definition) is 1. The fourth-order valence-corrected chi connectivity index (χ4v) is 3.88. The summed E-state index contributed by atoms with van der Waals surface area (Å²) in [5.41, 5.74) is 1.04. The second kappa shape index (κ2) is 9.75. The first-order valence-corrected chi connectivity index (χ1v) is 10.4. The van der Waals surface area contributed by atoms with Crippen LogP contribution in [0.3, 0.4) is 0 Å². The van der Waals surface area contributed by atoms with Gasteiger partial charge in [-0.05, 0) is 42.4 Å². The monoisotopic (exact) mass is 479 g/mol. The SMILES string of the molecule is CN=C(NCc1ccc(S(C)(=O)=O)cc1)N1CCC(CC(C)C)C1.I. The first-order chi connectivity index (χ1) is 11.3. The third-order valence-corrected chi connectivity index (χ3v) is 5.53. The third kappa shape index (κ3) is 6.77. The summed E-state index contributed by atoms with van der Waals surface area (Å²) in [6.07, 6.45) is 3.71. The zero-order valence-electron chi connectivity index (χ0n) is 15.5. The zero-order chi connectivity index (χ0) is 17.7. The number of guanidine groups is 1. The van der Waals surface area contributed by atoms with Crippen molar-refractivity contribution < 1.29 is 8.42 Å². The van der Waals surface area contributed by atoms with Gasteiger partial charge in [-0.3, -0.25) is 4.99 Å². The first kappa shape index (κ1) is 22.2. The van der Waals surface area contributed by atoms with Crippen molar-refractivity contribution in [1.29, 1.82) is 0 Å². The Bertz CT molecular complexity index is 672. The van der Waals surface area contributed by atoms with Crippen LogP contribution in [0.2, 0.25) is 0 Å². The van der Waals surface area contributed by atoms with Crippen LogP contribution in [0.1, 0.15) is 32.3 Å². The van der Waals surface area contributed by atoms with E-state index in [4.69, 9.17) is 0 Å². The summed E-state index contributed by atoms with van der Waals surface area (Å²) in [5, 5.41) is 3.39. The standard InChI is InChI=1S/C18H29N3O2S.HI/c1-14(2)11-16-9-10-21(13-16)18(19-3)20-12-15-5-7-17(8-6-15)24(4,22)23;/h5-8,14,16H,9-13H2,1-4H3,(H,19,20);1H. The van der Waals surface area contributed by atoms with Crippen molar-refractivity contribution >= 4 is 39.8 Å². The Morgan fingerprint density at radius 2 is 1.96 bits per heavy atom. The van der Waals surface area contributed by atoms with E-state index in [1.54, 1.807) is 12.1 Å². The van der Waals surface area contributed by atoms with Gasteiger partial charge in [0.2, 0.25) is 0 Å². The molecule has 1 aromatic rings. The van der Waals surface area contributed by atoms with Crippen molar-refractivity contribution in [2.45, 2.75) is 38.1 Å². The van der Waals surface area contributed by atoms with E-state index < -0.39 is 9.84 Å². The van der Waals surface area contributed by atoms with E-state index in [1.165, 1.54) is 19.1 Å². The Morgan fingerprint density at radius 1 is 1.32 bits per heavy atom. The number of rotatable bonds is 5. The molecule has 1 aliphatic heterocycles. The van der Waals surface area contributed by atoms with Crippen LogP contribution in [0.4, 0.5) is 0 Å². The number of nitrogens with one attached hydrogen (secondary N) is 1. The average molecular weight is 479 g/mol. The molecule has 1 atom stereocenters. The summed E-state index contributed by atoms with van der Waals surface area (Å²) < 4.78 is 23.0. The average Bonchev–Trinajstić information content (AvgIpc) is 2.95. The van der Waals surface area contributed by atoms with Gasteiger partial charge in [0, 0.05) is 32.9 Å². The minimum atomic E-state index is -3.14. The fraction of sp³-hybridized carbons (Fsp3) is 0.611. The largest absolute Gasteiger partial charge is 0.352 e. The number of aliphatic imine (C=N–C) groups is 1. The Labute approximate surface area is 169 Å². The van der Waals surface area contributed by atoms with Gasteiger partial charge < -0.3 is 10.2 Å². The quantitative estimate of drug-likeness (QED) is 0.401. The molecule has 142 valence electrons. The lowest BCUT2D eigenvalue weighted by Crippen LogP contribution is -2.39. The van der Waals surface area contributed by atoms with Crippen LogP contribution in [0.5, 0.6) is 0 Å². The third-order valence-electron chi connectivity index (χ3n) is 4.40. The lowest BCUT2D eigenvalue weighted by Gasteiger charge is -2.22. The Morgan fingerprint density at radius 3 is 2.48 bits per heavy atom. The molecule has 0 spiro atoms. The van der Waals surface area contributed by atoms with E-state index in [0.717, 1.165) is 36.4 Å². The van der Waals surface area contributed by atoms with Gasteiger partial charge in [-0.1, -0.05) is 26.0 Å². The molecule has 0 bridgehead atoms. The van der Waals surface area contributed by atoms with Gasteiger partial charge in [0.25, 0.3) is 0 Å². The molecule has 25 heavy (non-hydrogen) atoms. The maximum absolute atomic E-state index is 11.5. The topological polar surface area (TPSA) is 61.8 Å². The Balaban J connectivity index is 0.00000312. The highest BCUT2D eigenvalue weighted by atomic mass is 127. The van der Waals surface area contributed by atoms with Crippen molar-refractivity contribution in [2.24, 2.45) is 16.8 Å². The van der Waals surface area contributed by atoms with Crippen molar-refractivity contribution in [2.75, 3.05) is 26.4 Å². The molecule has 0 saturated carbocycles. The smallest absolute Gasteiger partial charge is 0.193 e. The second-order valence-corrected chi connectivity index (χ2v) is 9.06. The van der Waals surface area contributed by atoms with Crippen LogP contribution in [0.15, 0.2) is 34.2 Å². The lowest BCUT2D eigenvalue weighted by molar-refractivity contribution is 0.403. The molecule has 1 aliphatic rings. The predicted octanol–water partition coefficient (Wildman–Crippen LogP) is 3.15. The second-order valence-electron chi connectivity index (χ2n) is 7.05. The highest BCUT2D eigenvalue weighted by molar-refractivity contribution is 14.0. The Hall–Kier alpha value is -0.830. The van der Waals surface area contributed by atoms with Crippen LogP contribution < -0.4 is 5.32 Å². The van der Waals surface area contributed by atoms with E-state index in [9.17, 15) is 8.42 Å². The van der Waals surface area contributed by atoms with Crippen molar-refractivity contribution in [1.82, 2.24) is 10.2 Å². The zero-order valence-corrected chi connectivity index (χ0v) is 18.7. The van der Waals surface area contributed by atoms with E-state index in [2.05, 4.69) is 29.1 Å². The molecule has 2 rings (SSSR count). The molecule has 1 saturated heterocycles. The normalized spacial score (nSPS) is 18.4. The van der Waals surface area contributed by atoms with Gasteiger partial charge >= 0.3 is 0 Å². The molecule has 0 aliphatic carbocycles. The highest BCUT2D eigenvalue weighted by Crippen LogP contribution is 2.23. The predicted molar refractivity (Wildman–Crippen MR) is 114 cm³/mol. The van der Waals surface area contributed by atoms with Gasteiger partial charge in [-0.25, -0.2) is 8.42 Å². The molecule has 0 aromatic heterocycles. The molecule has 1 unspecified atom stereocenters. The van der Waals surface area contributed by atoms with E-state index in [0.29, 0.717) is 11.4 Å². The molecule has 1 fully saturated rings. The van der Waals surface area contributed by atoms with Gasteiger partial charge in [-0.2, -0.15) is 0 Å². The Kier molecular flexibility index (Phi) is 8.67. The summed E-state index contributed by atoms with van der Waals surface area (Å²) in [6.45, 7) is 7.29. The molecular weight excluding hydrogens is 449 g/mol. The number of nitrogens with zero attached hydrogens (tertiary/aromatic N) is 2. The van der Waals surface area contributed by atoms with Crippen LogP contribution >= 0.6 is 24.0 Å². The summed E-state index contributed by atoms with van der Waals surface area (Å²) in [5.74, 6) is 2.41. The maximum Gasteiger partial charge on any atom is 0.193 e. The number of likely N-dealkylation sites (tertiary alicyclic amines) is 1. The van der Waals surface area contributed by atoms with Crippen LogP contribution in [-0.4, -0.2) is 45.7 Å². The molecule has 0 amide bonds. The van der Waals surface area contributed by atoms with Crippen LogP contribution in [-0.2, 0) is 16.4 Å². The molecule has 5 nitrogen and oxygen atoms in total. The number of sulfone groups is 1. The van der Waals surface area contributed by atoms with Gasteiger partial charge in [0.15, 0.2) is 15.8 Å². The van der Waals surface area contributed by atoms with E-state index >= 15 is 0 Å². The molecule has 1 heterocycles. The molecular formula is C18H30IN3O2S. The molecule has 1 aromatic carbocycles. The van der Waals surface area contributed by atoms with Crippen molar-refractivity contribution in [3.63, 3.8) is 0 Å². The van der Waals surface area contributed by atoms with Crippen LogP contribution in [0.25, 0.3) is 0 Å². The highest BCUT2D eigenvalue weighted by Gasteiger charge is 2.25. The van der Waals surface area contributed by atoms with Crippen molar-refractivity contribution in [3.05, 3.63) is 29.8 Å². The summed E-state index contributed by atoms with van der Waals surface area (Å²) in [4.78, 5) is 7.06. The summed E-state index contributed by atoms with van der Waals surface area (Å²) in [6, 6.07) is 7.01. The van der Waals surface area contributed by atoms with Gasteiger partial charge in [0.1, 0.15) is 0 Å². The van der Waals surface area contributed by atoms with Gasteiger partial charge in [0.05, 0.1) is 4.90 Å². The van der Waals surface area contributed by atoms with Crippen molar-refractivity contribution in [3.8, 4) is 0 Å². The molecule has 1 N–H and O–H groups in total. The fourth-order valence-electron chi connectivity index (χ4n) is 3.25. The van der Waals surface area contributed by atoms with Crippen LogP contribution in [0, 0.1) is 11.8 Å². The maximum atomic E-state index is 11.5. The van der Waals surface area contributed by atoms with E-state index in [-0.39, 0.29) is 24.0 Å². The lowest BCUT2D eigenvalue weighted by atomic mass is 9.97. The van der Waals surface area contributed by atoms with E-state index in [1.807, 2.05) is 19.2 Å². The minimum Gasteiger partial charge on any atom is -0.352 e.